The van der Waals surface area contributed by atoms with E-state index in [1.54, 1.807) is 0 Å². The van der Waals surface area contributed by atoms with Gasteiger partial charge in [0.1, 0.15) is 12.4 Å². The van der Waals surface area contributed by atoms with E-state index in [0.717, 1.165) is 48.4 Å². The van der Waals surface area contributed by atoms with Crippen molar-refractivity contribution in [3.8, 4) is 17.2 Å². The molecule has 142 valence electrons. The van der Waals surface area contributed by atoms with Crippen LogP contribution in [0.25, 0.3) is 0 Å². The van der Waals surface area contributed by atoms with E-state index in [-0.39, 0.29) is 12.7 Å². The van der Waals surface area contributed by atoms with Gasteiger partial charge in [0.2, 0.25) is 6.79 Å². The third-order valence-electron chi connectivity index (χ3n) is 5.12. The van der Waals surface area contributed by atoms with Crippen molar-refractivity contribution in [2.75, 3.05) is 12.1 Å². The van der Waals surface area contributed by atoms with E-state index in [1.165, 1.54) is 0 Å². The molecule has 27 heavy (non-hydrogen) atoms. The normalized spacial score (nSPS) is 20.9. The summed E-state index contributed by atoms with van der Waals surface area (Å²) in [6.45, 7) is 0.710. The average molecular weight is 369 g/mol. The van der Waals surface area contributed by atoms with E-state index >= 15 is 0 Å². The first-order valence-corrected chi connectivity index (χ1v) is 9.28. The van der Waals surface area contributed by atoms with Gasteiger partial charge in [0, 0.05) is 17.8 Å². The Hall–Kier alpha value is -2.89. The largest absolute Gasteiger partial charge is 0.489 e. The first-order valence-electron chi connectivity index (χ1n) is 9.28. The van der Waals surface area contributed by atoms with Crippen molar-refractivity contribution in [3.05, 3.63) is 48.0 Å². The summed E-state index contributed by atoms with van der Waals surface area (Å²) in [7, 11) is 0. The molecule has 2 aliphatic rings. The SMILES string of the molecule is O=C(O)C1CCC(Nc2cccc(COc3ccc4c(c3)OCO4)c2)CC1. The second-order valence-electron chi connectivity index (χ2n) is 7.04. The smallest absolute Gasteiger partial charge is 0.306 e. The second-order valence-corrected chi connectivity index (χ2v) is 7.04. The highest BCUT2D eigenvalue weighted by atomic mass is 16.7. The van der Waals surface area contributed by atoms with Gasteiger partial charge in [0.25, 0.3) is 0 Å². The van der Waals surface area contributed by atoms with Crippen molar-refractivity contribution >= 4 is 11.7 Å². The van der Waals surface area contributed by atoms with Crippen LogP contribution >= 0.6 is 0 Å². The standard InChI is InChI=1S/C21H23NO5/c23-21(24)15-4-6-16(7-5-15)22-17-3-1-2-14(10-17)12-25-18-8-9-19-20(11-18)27-13-26-19/h1-3,8-11,15-16,22H,4-7,12-13H2,(H,23,24). The Morgan fingerprint density at radius 3 is 2.70 bits per heavy atom. The lowest BCUT2D eigenvalue weighted by Crippen LogP contribution is -2.29. The molecule has 1 heterocycles. The number of carboxylic acid groups (broad SMARTS) is 1. The summed E-state index contributed by atoms with van der Waals surface area (Å²) in [5, 5.41) is 12.6. The molecule has 0 unspecified atom stereocenters. The number of carbonyl (C=O) groups is 1. The second kappa shape index (κ2) is 7.78. The Morgan fingerprint density at radius 1 is 1.07 bits per heavy atom. The molecule has 0 bridgehead atoms. The van der Waals surface area contributed by atoms with Crippen LogP contribution in [-0.4, -0.2) is 23.9 Å². The maximum Gasteiger partial charge on any atom is 0.306 e. The highest BCUT2D eigenvalue weighted by molar-refractivity contribution is 5.70. The highest BCUT2D eigenvalue weighted by Crippen LogP contribution is 2.35. The Bertz CT molecular complexity index is 814. The van der Waals surface area contributed by atoms with E-state index in [9.17, 15) is 4.79 Å². The van der Waals surface area contributed by atoms with Crippen LogP contribution in [0.3, 0.4) is 0 Å². The van der Waals surface area contributed by atoms with Gasteiger partial charge in [-0.3, -0.25) is 4.79 Å². The summed E-state index contributed by atoms with van der Waals surface area (Å²) >= 11 is 0. The number of ether oxygens (including phenoxy) is 3. The van der Waals surface area contributed by atoms with Gasteiger partial charge >= 0.3 is 5.97 Å². The Morgan fingerprint density at radius 2 is 1.89 bits per heavy atom. The molecule has 0 aromatic heterocycles. The lowest BCUT2D eigenvalue weighted by atomic mass is 9.86. The van der Waals surface area contributed by atoms with Gasteiger partial charge in [0.15, 0.2) is 11.5 Å². The van der Waals surface area contributed by atoms with Crippen LogP contribution in [0.4, 0.5) is 5.69 Å². The summed E-state index contributed by atoms with van der Waals surface area (Å²) in [6, 6.07) is 14.0. The fourth-order valence-electron chi connectivity index (χ4n) is 3.60. The first kappa shape index (κ1) is 17.5. The summed E-state index contributed by atoms with van der Waals surface area (Å²) in [4.78, 5) is 11.1. The van der Waals surface area contributed by atoms with Crippen molar-refractivity contribution in [3.63, 3.8) is 0 Å². The van der Waals surface area contributed by atoms with Crippen LogP contribution in [0, 0.1) is 5.92 Å². The highest BCUT2D eigenvalue weighted by Gasteiger charge is 2.25. The molecule has 2 N–H and O–H groups in total. The zero-order chi connectivity index (χ0) is 18.6. The van der Waals surface area contributed by atoms with Crippen LogP contribution in [-0.2, 0) is 11.4 Å². The quantitative estimate of drug-likeness (QED) is 0.800. The van der Waals surface area contributed by atoms with Gasteiger partial charge in [-0.1, -0.05) is 12.1 Å². The van der Waals surface area contributed by atoms with Crippen LogP contribution in [0.15, 0.2) is 42.5 Å². The van der Waals surface area contributed by atoms with Crippen molar-refractivity contribution in [1.82, 2.24) is 0 Å². The fourth-order valence-corrected chi connectivity index (χ4v) is 3.60. The minimum Gasteiger partial charge on any atom is -0.489 e. The summed E-state index contributed by atoms with van der Waals surface area (Å²) in [5.41, 5.74) is 2.11. The van der Waals surface area contributed by atoms with Crippen LogP contribution < -0.4 is 19.5 Å². The Balaban J connectivity index is 1.32. The summed E-state index contributed by atoms with van der Waals surface area (Å²) in [6.07, 6.45) is 3.24. The number of hydrogen-bond donors (Lipinski definition) is 2. The molecule has 1 fully saturated rings. The van der Waals surface area contributed by atoms with E-state index in [1.807, 2.05) is 36.4 Å². The molecule has 2 aromatic rings. The Labute approximate surface area is 158 Å². The number of aliphatic carboxylic acids is 1. The predicted molar refractivity (Wildman–Crippen MR) is 100 cm³/mol. The molecule has 6 nitrogen and oxygen atoms in total. The van der Waals surface area contributed by atoms with Crippen molar-refractivity contribution < 1.29 is 24.1 Å². The monoisotopic (exact) mass is 369 g/mol. The maximum atomic E-state index is 11.1. The average Bonchev–Trinajstić information content (AvgIpc) is 3.15. The minimum absolute atomic E-state index is 0.190. The molecular weight excluding hydrogens is 346 g/mol. The zero-order valence-corrected chi connectivity index (χ0v) is 15.0. The van der Waals surface area contributed by atoms with Crippen LogP contribution in [0.2, 0.25) is 0 Å². The van der Waals surface area contributed by atoms with Gasteiger partial charge in [-0.05, 0) is 55.5 Å². The number of anilines is 1. The van der Waals surface area contributed by atoms with Crippen molar-refractivity contribution in [1.29, 1.82) is 0 Å². The fraction of sp³-hybridized carbons (Fsp3) is 0.381. The third kappa shape index (κ3) is 4.27. The van der Waals surface area contributed by atoms with Crippen LogP contribution in [0.5, 0.6) is 17.2 Å². The predicted octanol–water partition coefficient (Wildman–Crippen LogP) is 4.05. The number of nitrogens with one attached hydrogen (secondary N) is 1. The molecule has 1 saturated carbocycles. The topological polar surface area (TPSA) is 77.0 Å². The van der Waals surface area contributed by atoms with Crippen molar-refractivity contribution in [2.45, 2.75) is 38.3 Å². The molecule has 0 radical (unpaired) electrons. The third-order valence-corrected chi connectivity index (χ3v) is 5.12. The van der Waals surface area contributed by atoms with Gasteiger partial charge in [-0.2, -0.15) is 0 Å². The molecule has 1 aliphatic heterocycles. The number of rotatable bonds is 6. The number of carboxylic acids is 1. The summed E-state index contributed by atoms with van der Waals surface area (Å²) < 4.78 is 16.5. The van der Waals surface area contributed by atoms with Gasteiger partial charge in [0.05, 0.1) is 5.92 Å². The lowest BCUT2D eigenvalue weighted by Gasteiger charge is -2.27. The number of benzene rings is 2. The Kier molecular flexibility index (Phi) is 5.05. The van der Waals surface area contributed by atoms with Gasteiger partial charge in [-0.25, -0.2) is 0 Å². The number of hydrogen-bond acceptors (Lipinski definition) is 5. The molecule has 1 aliphatic carbocycles. The van der Waals surface area contributed by atoms with E-state index < -0.39 is 5.97 Å². The molecule has 2 aromatic carbocycles. The molecule has 0 atom stereocenters. The molecule has 6 heteroatoms. The molecule has 0 saturated heterocycles. The van der Waals surface area contributed by atoms with E-state index in [0.29, 0.717) is 18.4 Å². The van der Waals surface area contributed by atoms with E-state index in [4.69, 9.17) is 19.3 Å². The van der Waals surface area contributed by atoms with Gasteiger partial charge < -0.3 is 24.6 Å². The molecule has 0 spiro atoms. The summed E-state index contributed by atoms with van der Waals surface area (Å²) in [5.74, 6) is 1.33. The van der Waals surface area contributed by atoms with Crippen molar-refractivity contribution in [2.24, 2.45) is 5.92 Å². The first-order chi connectivity index (χ1) is 13.2. The number of fused-ring (bicyclic) bond motifs is 1. The zero-order valence-electron chi connectivity index (χ0n) is 15.0. The molecule has 4 rings (SSSR count). The van der Waals surface area contributed by atoms with E-state index in [2.05, 4.69) is 11.4 Å². The molecule has 0 amide bonds. The van der Waals surface area contributed by atoms with Crippen LogP contribution in [0.1, 0.15) is 31.2 Å². The molecular formula is C21H23NO5. The minimum atomic E-state index is -0.670. The van der Waals surface area contributed by atoms with Gasteiger partial charge in [-0.15, -0.1) is 0 Å². The maximum absolute atomic E-state index is 11.1. The lowest BCUT2D eigenvalue weighted by molar-refractivity contribution is -0.142.